The van der Waals surface area contributed by atoms with Gasteiger partial charge in [-0.25, -0.2) is 0 Å². The number of nitrogens with one attached hydrogen (secondary N) is 1. The van der Waals surface area contributed by atoms with E-state index < -0.39 is 0 Å². The zero-order chi connectivity index (χ0) is 12.7. The van der Waals surface area contributed by atoms with Crippen molar-refractivity contribution in [2.24, 2.45) is 0 Å². The number of rotatable bonds is 5. The highest BCUT2D eigenvalue weighted by molar-refractivity contribution is 5.87. The van der Waals surface area contributed by atoms with Crippen LogP contribution in [0.2, 0.25) is 0 Å². The van der Waals surface area contributed by atoms with Gasteiger partial charge in [-0.2, -0.15) is 0 Å². The first kappa shape index (κ1) is 13.3. The number of allylic oxidation sites excluding steroid dienone is 1. The van der Waals surface area contributed by atoms with Gasteiger partial charge in [-0.15, -0.1) is 0 Å². The first-order chi connectivity index (χ1) is 8.11. The van der Waals surface area contributed by atoms with Gasteiger partial charge in [0.25, 0.3) is 0 Å². The van der Waals surface area contributed by atoms with Crippen LogP contribution in [0, 0.1) is 0 Å². The predicted octanol–water partition coefficient (Wildman–Crippen LogP) is 2.41. The number of benzene rings is 1. The summed E-state index contributed by atoms with van der Waals surface area (Å²) < 4.78 is 0. The first-order valence-corrected chi connectivity index (χ1v) is 5.83. The Hall–Kier alpha value is -1.77. The van der Waals surface area contributed by atoms with Crippen molar-refractivity contribution in [1.29, 1.82) is 0 Å². The second kappa shape index (κ2) is 6.74. The van der Waals surface area contributed by atoms with Crippen molar-refractivity contribution in [3.05, 3.63) is 42.0 Å². The quantitative estimate of drug-likeness (QED) is 0.767. The van der Waals surface area contributed by atoms with Gasteiger partial charge < -0.3 is 10.4 Å². The molecule has 0 heterocycles. The van der Waals surface area contributed by atoms with E-state index in [2.05, 4.69) is 5.32 Å². The topological polar surface area (TPSA) is 49.3 Å². The Morgan fingerprint density at radius 2 is 2.06 bits per heavy atom. The molecule has 17 heavy (non-hydrogen) atoms. The third kappa shape index (κ3) is 5.20. The summed E-state index contributed by atoms with van der Waals surface area (Å²) in [5.41, 5.74) is 1.16. The molecule has 0 aliphatic heterocycles. The summed E-state index contributed by atoms with van der Waals surface area (Å²) >= 11 is 0. The van der Waals surface area contributed by atoms with Crippen LogP contribution in [0.15, 0.2) is 36.4 Å². The van der Waals surface area contributed by atoms with Gasteiger partial charge in [-0.05, 0) is 50.5 Å². The Kier molecular flexibility index (Phi) is 5.27. The second-order valence-corrected chi connectivity index (χ2v) is 4.11. The Morgan fingerprint density at radius 1 is 1.41 bits per heavy atom. The highest BCUT2D eigenvalue weighted by Crippen LogP contribution is 2.11. The normalized spacial score (nSPS) is 12.6. The predicted molar refractivity (Wildman–Crippen MR) is 68.8 cm³/mol. The van der Waals surface area contributed by atoms with Crippen LogP contribution < -0.4 is 5.32 Å². The average molecular weight is 233 g/mol. The molecule has 1 amide bonds. The lowest BCUT2D eigenvalue weighted by molar-refractivity contribution is -0.117. The summed E-state index contributed by atoms with van der Waals surface area (Å²) in [7, 11) is 0. The van der Waals surface area contributed by atoms with Gasteiger partial charge in [-0.3, -0.25) is 4.79 Å². The number of hydrogen-bond acceptors (Lipinski definition) is 2. The highest BCUT2D eigenvalue weighted by Gasteiger charge is 2.04. The molecule has 1 unspecified atom stereocenters. The summed E-state index contributed by atoms with van der Waals surface area (Å²) in [6.45, 7) is 3.81. The Bertz CT molecular complexity index is 382. The number of carbonyl (C=O) groups is 1. The summed E-state index contributed by atoms with van der Waals surface area (Å²) in [5, 5.41) is 12.0. The van der Waals surface area contributed by atoms with Crippen LogP contribution in [-0.4, -0.2) is 17.1 Å². The first-order valence-electron chi connectivity index (χ1n) is 5.83. The Morgan fingerprint density at radius 3 is 2.65 bits per heavy atom. The third-order valence-corrected chi connectivity index (χ3v) is 2.51. The number of phenols is 1. The Balaban J connectivity index is 2.35. The zero-order valence-corrected chi connectivity index (χ0v) is 10.3. The minimum absolute atomic E-state index is 0.0503. The van der Waals surface area contributed by atoms with Gasteiger partial charge in [-0.1, -0.05) is 18.2 Å². The van der Waals surface area contributed by atoms with Crippen LogP contribution in [-0.2, 0) is 11.2 Å². The number of carbonyl (C=O) groups excluding carboxylic acids is 1. The maximum absolute atomic E-state index is 11.3. The molecule has 0 aliphatic rings. The molecular weight excluding hydrogens is 214 g/mol. The molecule has 1 atom stereocenters. The molecule has 0 fully saturated rings. The maximum atomic E-state index is 11.3. The summed E-state index contributed by atoms with van der Waals surface area (Å²) in [5.74, 6) is 0.230. The molecule has 0 aromatic heterocycles. The van der Waals surface area contributed by atoms with Crippen LogP contribution in [0.4, 0.5) is 0 Å². The van der Waals surface area contributed by atoms with Crippen molar-refractivity contribution in [2.45, 2.75) is 32.7 Å². The molecule has 0 radical (unpaired) electrons. The lowest BCUT2D eigenvalue weighted by Crippen LogP contribution is -2.31. The molecule has 3 nitrogen and oxygen atoms in total. The molecule has 0 bridgehead atoms. The zero-order valence-electron chi connectivity index (χ0n) is 10.3. The van der Waals surface area contributed by atoms with Crippen molar-refractivity contribution < 1.29 is 9.90 Å². The molecule has 0 aliphatic carbocycles. The molecule has 1 rings (SSSR count). The second-order valence-electron chi connectivity index (χ2n) is 4.11. The maximum Gasteiger partial charge on any atom is 0.243 e. The van der Waals surface area contributed by atoms with Gasteiger partial charge in [0.2, 0.25) is 5.91 Å². The Labute approximate surface area is 102 Å². The standard InChI is InChI=1S/C14H19NO2/c1-3-4-14(17)15-11(2)5-6-12-7-9-13(16)10-8-12/h3-4,7-11,16H,5-6H2,1-2H3,(H,15,17). The fourth-order valence-corrected chi connectivity index (χ4v) is 1.56. The largest absolute Gasteiger partial charge is 0.508 e. The number of amides is 1. The lowest BCUT2D eigenvalue weighted by Gasteiger charge is -2.12. The van der Waals surface area contributed by atoms with Gasteiger partial charge in [0.1, 0.15) is 5.75 Å². The van der Waals surface area contributed by atoms with Gasteiger partial charge in [0, 0.05) is 6.04 Å². The average Bonchev–Trinajstić information content (AvgIpc) is 2.28. The number of hydrogen-bond donors (Lipinski definition) is 2. The number of phenolic OH excluding ortho intramolecular Hbond substituents is 1. The van der Waals surface area contributed by atoms with Crippen molar-refractivity contribution in [3.63, 3.8) is 0 Å². The fourth-order valence-electron chi connectivity index (χ4n) is 1.56. The lowest BCUT2D eigenvalue weighted by atomic mass is 10.1. The van der Waals surface area contributed by atoms with Crippen molar-refractivity contribution in [2.75, 3.05) is 0 Å². The fraction of sp³-hybridized carbons (Fsp3) is 0.357. The van der Waals surface area contributed by atoms with Crippen molar-refractivity contribution in [3.8, 4) is 5.75 Å². The summed E-state index contributed by atoms with van der Waals surface area (Å²) in [6.07, 6.45) is 5.02. The van der Waals surface area contributed by atoms with Crippen LogP contribution >= 0.6 is 0 Å². The molecule has 0 saturated heterocycles. The molecule has 2 N–H and O–H groups in total. The van der Waals surface area contributed by atoms with E-state index in [1.165, 1.54) is 6.08 Å². The molecule has 3 heteroatoms. The molecule has 1 aromatic rings. The van der Waals surface area contributed by atoms with E-state index in [1.54, 1.807) is 18.2 Å². The molecule has 1 aromatic carbocycles. The summed E-state index contributed by atoms with van der Waals surface area (Å²) in [4.78, 5) is 11.3. The van der Waals surface area contributed by atoms with E-state index >= 15 is 0 Å². The van der Waals surface area contributed by atoms with E-state index in [4.69, 9.17) is 5.11 Å². The van der Waals surface area contributed by atoms with Gasteiger partial charge >= 0.3 is 0 Å². The number of aryl methyl sites for hydroxylation is 1. The minimum Gasteiger partial charge on any atom is -0.508 e. The monoisotopic (exact) mass is 233 g/mol. The molecule has 0 spiro atoms. The number of aromatic hydroxyl groups is 1. The summed E-state index contributed by atoms with van der Waals surface area (Å²) in [6, 6.07) is 7.30. The van der Waals surface area contributed by atoms with Crippen LogP contribution in [0.1, 0.15) is 25.8 Å². The van der Waals surface area contributed by atoms with E-state index in [-0.39, 0.29) is 17.7 Å². The molecule has 0 saturated carbocycles. The minimum atomic E-state index is -0.0503. The van der Waals surface area contributed by atoms with Crippen LogP contribution in [0.25, 0.3) is 0 Å². The SMILES string of the molecule is CC=CC(=O)NC(C)CCc1ccc(O)cc1. The molecule has 92 valence electrons. The highest BCUT2D eigenvalue weighted by atomic mass is 16.3. The third-order valence-electron chi connectivity index (χ3n) is 2.51. The smallest absolute Gasteiger partial charge is 0.243 e. The van der Waals surface area contributed by atoms with Crippen LogP contribution in [0.3, 0.4) is 0 Å². The van der Waals surface area contributed by atoms with E-state index in [0.29, 0.717) is 0 Å². The van der Waals surface area contributed by atoms with Gasteiger partial charge in [0.05, 0.1) is 0 Å². The van der Waals surface area contributed by atoms with E-state index in [1.807, 2.05) is 26.0 Å². The van der Waals surface area contributed by atoms with E-state index in [9.17, 15) is 4.79 Å². The van der Waals surface area contributed by atoms with Crippen molar-refractivity contribution in [1.82, 2.24) is 5.32 Å². The molecular formula is C14H19NO2. The van der Waals surface area contributed by atoms with Crippen LogP contribution in [0.5, 0.6) is 5.75 Å². The van der Waals surface area contributed by atoms with Gasteiger partial charge in [0.15, 0.2) is 0 Å². The van der Waals surface area contributed by atoms with Crippen molar-refractivity contribution >= 4 is 5.91 Å². The van der Waals surface area contributed by atoms with E-state index in [0.717, 1.165) is 18.4 Å².